The van der Waals surface area contributed by atoms with Gasteiger partial charge in [-0.25, -0.2) is 9.69 Å². The van der Waals surface area contributed by atoms with Gasteiger partial charge in [-0.05, 0) is 29.8 Å². The Bertz CT molecular complexity index is 1160. The van der Waals surface area contributed by atoms with Crippen LogP contribution < -0.4 is 5.32 Å². The van der Waals surface area contributed by atoms with E-state index < -0.39 is 23.3 Å². The largest absolute Gasteiger partial charge is 0.418 e. The standard InChI is InChI=1S/C22H18F3N5O2/c23-22(24,25)17-13-16(29-12-4-11-26-29)7-8-18(17)27-21(32)19-9-10-20(31)30(28-19)14-15-5-2-1-3-6-15/h1-8,11-13H,9-10,14H2,(H,27,32). The molecule has 0 fully saturated rings. The van der Waals surface area contributed by atoms with Gasteiger partial charge in [0, 0.05) is 25.2 Å². The van der Waals surface area contributed by atoms with Gasteiger partial charge in [0.2, 0.25) is 5.91 Å². The maximum absolute atomic E-state index is 13.7. The number of nitrogens with zero attached hydrogens (tertiary/aromatic N) is 4. The van der Waals surface area contributed by atoms with E-state index in [1.165, 1.54) is 34.2 Å². The number of anilines is 1. The van der Waals surface area contributed by atoms with Crippen molar-refractivity contribution >= 4 is 23.2 Å². The molecule has 1 N–H and O–H groups in total. The van der Waals surface area contributed by atoms with Crippen LogP contribution in [0, 0.1) is 0 Å². The summed E-state index contributed by atoms with van der Waals surface area (Å²) in [5.41, 5.74) is -0.389. The second-order valence-electron chi connectivity index (χ2n) is 7.12. The molecule has 1 aliphatic heterocycles. The van der Waals surface area contributed by atoms with Crippen molar-refractivity contribution in [2.24, 2.45) is 5.10 Å². The van der Waals surface area contributed by atoms with Crippen molar-refractivity contribution in [2.75, 3.05) is 5.32 Å². The number of alkyl halides is 3. The molecule has 0 saturated heterocycles. The molecule has 0 aliphatic carbocycles. The number of hydrazone groups is 1. The topological polar surface area (TPSA) is 79.6 Å². The fraction of sp³-hybridized carbons (Fsp3) is 0.182. The van der Waals surface area contributed by atoms with E-state index in [0.717, 1.165) is 11.6 Å². The molecule has 0 unspecified atom stereocenters. The summed E-state index contributed by atoms with van der Waals surface area (Å²) in [4.78, 5) is 24.9. The molecular formula is C22H18F3N5O2. The maximum atomic E-state index is 13.7. The van der Waals surface area contributed by atoms with Crippen LogP contribution >= 0.6 is 0 Å². The molecule has 0 bridgehead atoms. The van der Waals surface area contributed by atoms with Crippen molar-refractivity contribution < 1.29 is 22.8 Å². The predicted octanol–water partition coefficient (Wildman–Crippen LogP) is 4.01. The van der Waals surface area contributed by atoms with Crippen LogP contribution in [0.15, 0.2) is 72.1 Å². The molecule has 0 spiro atoms. The Morgan fingerprint density at radius 2 is 1.84 bits per heavy atom. The summed E-state index contributed by atoms with van der Waals surface area (Å²) >= 11 is 0. The molecule has 1 aromatic heterocycles. The lowest BCUT2D eigenvalue weighted by atomic mass is 10.1. The smallest absolute Gasteiger partial charge is 0.320 e. The zero-order valence-corrected chi connectivity index (χ0v) is 16.7. The number of benzene rings is 2. The number of hydrogen-bond donors (Lipinski definition) is 1. The first-order chi connectivity index (χ1) is 15.3. The third-order valence-corrected chi connectivity index (χ3v) is 4.87. The SMILES string of the molecule is O=C(Nc1ccc(-n2cccn2)cc1C(F)(F)F)C1=NN(Cc2ccccc2)C(=O)CC1. The Balaban J connectivity index is 1.57. The summed E-state index contributed by atoms with van der Waals surface area (Å²) in [5, 5.41) is 11.5. The number of carbonyl (C=O) groups is 2. The quantitative estimate of drug-likeness (QED) is 0.650. The Hall–Kier alpha value is -3.95. The van der Waals surface area contributed by atoms with Gasteiger partial charge < -0.3 is 5.32 Å². The van der Waals surface area contributed by atoms with E-state index >= 15 is 0 Å². The molecule has 0 saturated carbocycles. The first-order valence-corrected chi connectivity index (χ1v) is 9.75. The Labute approximate surface area is 181 Å². The monoisotopic (exact) mass is 441 g/mol. The minimum Gasteiger partial charge on any atom is -0.320 e. The summed E-state index contributed by atoms with van der Waals surface area (Å²) in [7, 11) is 0. The Morgan fingerprint density at radius 1 is 1.06 bits per heavy atom. The van der Waals surface area contributed by atoms with Crippen LogP contribution in [0.3, 0.4) is 0 Å². The average molecular weight is 441 g/mol. The number of nitrogens with one attached hydrogen (secondary N) is 1. The van der Waals surface area contributed by atoms with Crippen LogP contribution in [-0.4, -0.2) is 32.3 Å². The van der Waals surface area contributed by atoms with Gasteiger partial charge in [-0.2, -0.15) is 23.4 Å². The normalized spacial score (nSPS) is 14.3. The number of rotatable bonds is 5. The van der Waals surface area contributed by atoms with Crippen LogP contribution in [0.5, 0.6) is 0 Å². The van der Waals surface area contributed by atoms with E-state index in [-0.39, 0.29) is 36.7 Å². The molecule has 2 aromatic carbocycles. The number of carbonyl (C=O) groups excluding carboxylic acids is 2. The second kappa shape index (κ2) is 8.66. The minimum atomic E-state index is -4.70. The summed E-state index contributed by atoms with van der Waals surface area (Å²) < 4.78 is 42.3. The summed E-state index contributed by atoms with van der Waals surface area (Å²) in [6.07, 6.45) is -1.64. The Kier molecular flexibility index (Phi) is 5.76. The number of aromatic nitrogens is 2. The fourth-order valence-electron chi connectivity index (χ4n) is 3.28. The van der Waals surface area contributed by atoms with Crippen LogP contribution in [-0.2, 0) is 22.3 Å². The zero-order valence-electron chi connectivity index (χ0n) is 16.7. The maximum Gasteiger partial charge on any atom is 0.418 e. The fourth-order valence-corrected chi connectivity index (χ4v) is 3.28. The molecule has 0 radical (unpaired) electrons. The molecule has 2 heterocycles. The molecule has 164 valence electrons. The average Bonchev–Trinajstić information content (AvgIpc) is 3.30. The lowest BCUT2D eigenvalue weighted by molar-refractivity contribution is -0.137. The van der Waals surface area contributed by atoms with E-state index in [2.05, 4.69) is 15.5 Å². The van der Waals surface area contributed by atoms with E-state index in [9.17, 15) is 22.8 Å². The molecule has 32 heavy (non-hydrogen) atoms. The highest BCUT2D eigenvalue weighted by Crippen LogP contribution is 2.36. The van der Waals surface area contributed by atoms with Gasteiger partial charge in [0.05, 0.1) is 23.5 Å². The molecule has 0 atom stereocenters. The van der Waals surface area contributed by atoms with E-state index in [4.69, 9.17) is 0 Å². The minimum absolute atomic E-state index is 0.00944. The van der Waals surface area contributed by atoms with Gasteiger partial charge in [-0.15, -0.1) is 0 Å². The van der Waals surface area contributed by atoms with E-state index in [1.54, 1.807) is 6.07 Å². The number of hydrogen-bond acceptors (Lipinski definition) is 4. The van der Waals surface area contributed by atoms with Gasteiger partial charge in [-0.1, -0.05) is 30.3 Å². The molecular weight excluding hydrogens is 423 g/mol. The second-order valence-corrected chi connectivity index (χ2v) is 7.12. The van der Waals surface area contributed by atoms with Crippen molar-refractivity contribution in [1.82, 2.24) is 14.8 Å². The van der Waals surface area contributed by atoms with Crippen LogP contribution in [0.25, 0.3) is 5.69 Å². The van der Waals surface area contributed by atoms with Crippen LogP contribution in [0.2, 0.25) is 0 Å². The summed E-state index contributed by atoms with van der Waals surface area (Å²) in [5.74, 6) is -1.04. The predicted molar refractivity (Wildman–Crippen MR) is 111 cm³/mol. The van der Waals surface area contributed by atoms with E-state index in [0.29, 0.717) is 0 Å². The van der Waals surface area contributed by atoms with Crippen molar-refractivity contribution in [1.29, 1.82) is 0 Å². The third kappa shape index (κ3) is 4.69. The van der Waals surface area contributed by atoms with Crippen molar-refractivity contribution in [3.8, 4) is 5.69 Å². The Morgan fingerprint density at radius 3 is 2.53 bits per heavy atom. The first-order valence-electron chi connectivity index (χ1n) is 9.75. The van der Waals surface area contributed by atoms with Gasteiger partial charge in [0.25, 0.3) is 5.91 Å². The third-order valence-electron chi connectivity index (χ3n) is 4.87. The lowest BCUT2D eigenvalue weighted by Crippen LogP contribution is -2.36. The van der Waals surface area contributed by atoms with E-state index in [1.807, 2.05) is 30.3 Å². The van der Waals surface area contributed by atoms with Crippen molar-refractivity contribution in [2.45, 2.75) is 25.6 Å². The van der Waals surface area contributed by atoms with Crippen LogP contribution in [0.4, 0.5) is 18.9 Å². The molecule has 2 amide bonds. The molecule has 4 rings (SSSR count). The molecule has 7 nitrogen and oxygen atoms in total. The summed E-state index contributed by atoms with van der Waals surface area (Å²) in [6, 6.07) is 14.2. The molecule has 3 aromatic rings. The highest BCUT2D eigenvalue weighted by Gasteiger charge is 2.35. The zero-order chi connectivity index (χ0) is 22.7. The highest BCUT2D eigenvalue weighted by atomic mass is 19.4. The first kappa shape index (κ1) is 21.3. The molecule has 10 heteroatoms. The summed E-state index contributed by atoms with van der Waals surface area (Å²) in [6.45, 7) is 0.169. The van der Waals surface area contributed by atoms with Gasteiger partial charge in [0.15, 0.2) is 0 Å². The number of halogens is 3. The lowest BCUT2D eigenvalue weighted by Gasteiger charge is -2.23. The van der Waals surface area contributed by atoms with Crippen LogP contribution in [0.1, 0.15) is 24.0 Å². The van der Waals surface area contributed by atoms with Crippen molar-refractivity contribution in [3.63, 3.8) is 0 Å². The van der Waals surface area contributed by atoms with Crippen molar-refractivity contribution in [3.05, 3.63) is 78.1 Å². The highest BCUT2D eigenvalue weighted by molar-refractivity contribution is 6.43. The molecule has 1 aliphatic rings. The van der Waals surface area contributed by atoms with Gasteiger partial charge in [0.1, 0.15) is 5.71 Å². The number of amides is 2. The van der Waals surface area contributed by atoms with Gasteiger partial charge in [-0.3, -0.25) is 9.59 Å². The van der Waals surface area contributed by atoms with Gasteiger partial charge >= 0.3 is 6.18 Å².